The molecule has 0 radical (unpaired) electrons. The number of piperidine rings is 1. The zero-order valence-electron chi connectivity index (χ0n) is 21.4. The summed E-state index contributed by atoms with van der Waals surface area (Å²) in [5.74, 6) is 0.516. The van der Waals surface area contributed by atoms with E-state index in [1.165, 1.54) is 5.56 Å². The first-order valence-corrected chi connectivity index (χ1v) is 13.0. The van der Waals surface area contributed by atoms with Gasteiger partial charge in [0.05, 0.1) is 23.3 Å². The molecule has 3 aromatic rings. The highest BCUT2D eigenvalue weighted by atomic mass is 16.2. The van der Waals surface area contributed by atoms with Gasteiger partial charge in [-0.15, -0.1) is 0 Å². The number of benzene rings is 1. The van der Waals surface area contributed by atoms with Crippen LogP contribution in [0.2, 0.25) is 0 Å². The Bertz CT molecular complexity index is 1260. The predicted octanol–water partition coefficient (Wildman–Crippen LogP) is 3.73. The van der Waals surface area contributed by atoms with Crippen LogP contribution in [-0.4, -0.2) is 76.8 Å². The highest BCUT2D eigenvalue weighted by molar-refractivity contribution is 5.94. The van der Waals surface area contributed by atoms with Crippen molar-refractivity contribution >= 4 is 22.5 Å². The highest BCUT2D eigenvalue weighted by Crippen LogP contribution is 2.40. The van der Waals surface area contributed by atoms with Gasteiger partial charge in [-0.2, -0.15) is 5.10 Å². The number of anilines is 1. The third-order valence-corrected chi connectivity index (χ3v) is 8.53. The van der Waals surface area contributed by atoms with E-state index in [9.17, 15) is 4.79 Å². The molecular formula is C28H36N6O. The quantitative estimate of drug-likeness (QED) is 0.582. The topological polar surface area (TPSA) is 57.5 Å². The lowest BCUT2D eigenvalue weighted by molar-refractivity contribution is -0.136. The van der Waals surface area contributed by atoms with Crippen LogP contribution in [0.5, 0.6) is 0 Å². The van der Waals surface area contributed by atoms with E-state index in [0.717, 1.165) is 92.2 Å². The molecule has 0 bridgehead atoms. The maximum Gasteiger partial charge on any atom is 0.225 e. The molecule has 3 fully saturated rings. The SMILES string of the molecule is Cc1ccc(-n2nc3c(N4CCC(C(=O)N5CCC6(CN(C)C6)C5)CC4)cnc(C)c3c2C)cc1. The minimum absolute atomic E-state index is 0.139. The Balaban J connectivity index is 1.20. The molecule has 184 valence electrons. The number of aryl methyl sites for hydroxylation is 3. The Kier molecular flexibility index (Phi) is 5.36. The van der Waals surface area contributed by atoms with Gasteiger partial charge in [0.25, 0.3) is 0 Å². The number of nitrogens with zero attached hydrogens (tertiary/aromatic N) is 6. The molecule has 6 rings (SSSR count). The van der Waals surface area contributed by atoms with Crippen molar-refractivity contribution in [2.24, 2.45) is 11.3 Å². The molecule has 0 aliphatic carbocycles. The lowest BCUT2D eigenvalue weighted by Crippen LogP contribution is -2.56. The zero-order valence-corrected chi connectivity index (χ0v) is 21.4. The summed E-state index contributed by atoms with van der Waals surface area (Å²) in [5, 5.41) is 6.19. The second kappa shape index (κ2) is 8.33. The van der Waals surface area contributed by atoms with Crippen molar-refractivity contribution in [3.05, 3.63) is 47.4 Å². The van der Waals surface area contributed by atoms with Gasteiger partial charge in [-0.1, -0.05) is 17.7 Å². The summed E-state index contributed by atoms with van der Waals surface area (Å²) < 4.78 is 2.04. The summed E-state index contributed by atoms with van der Waals surface area (Å²) in [7, 11) is 2.17. The number of pyridine rings is 1. The Morgan fingerprint density at radius 3 is 2.40 bits per heavy atom. The van der Waals surface area contributed by atoms with Crippen LogP contribution in [0.1, 0.15) is 36.2 Å². The average Bonchev–Trinajstić information content (AvgIpc) is 3.42. The van der Waals surface area contributed by atoms with Crippen LogP contribution in [0.25, 0.3) is 16.6 Å². The van der Waals surface area contributed by atoms with Crippen molar-refractivity contribution in [2.75, 3.05) is 51.2 Å². The van der Waals surface area contributed by atoms with Crippen molar-refractivity contribution in [1.29, 1.82) is 0 Å². The van der Waals surface area contributed by atoms with Crippen LogP contribution in [0.15, 0.2) is 30.5 Å². The minimum Gasteiger partial charge on any atom is -0.368 e. The molecule has 35 heavy (non-hydrogen) atoms. The molecule has 0 atom stereocenters. The number of aromatic nitrogens is 3. The van der Waals surface area contributed by atoms with Crippen LogP contribution in [0.4, 0.5) is 5.69 Å². The van der Waals surface area contributed by atoms with E-state index in [1.54, 1.807) is 0 Å². The summed E-state index contributed by atoms with van der Waals surface area (Å²) in [6, 6.07) is 8.50. The number of amides is 1. The van der Waals surface area contributed by atoms with E-state index in [4.69, 9.17) is 10.1 Å². The summed E-state index contributed by atoms with van der Waals surface area (Å²) in [6.07, 6.45) is 4.94. The Morgan fingerprint density at radius 1 is 1.00 bits per heavy atom. The molecule has 0 N–H and O–H groups in total. The smallest absolute Gasteiger partial charge is 0.225 e. The number of hydrogen-bond acceptors (Lipinski definition) is 5. The van der Waals surface area contributed by atoms with Gasteiger partial charge in [0.2, 0.25) is 5.91 Å². The summed E-state index contributed by atoms with van der Waals surface area (Å²) in [6.45, 7) is 12.2. The van der Waals surface area contributed by atoms with Gasteiger partial charge in [-0.25, -0.2) is 4.68 Å². The number of rotatable bonds is 3. The first-order valence-electron chi connectivity index (χ1n) is 13.0. The molecule has 0 saturated carbocycles. The Labute approximate surface area is 207 Å². The van der Waals surface area contributed by atoms with Gasteiger partial charge in [0, 0.05) is 61.7 Å². The first-order chi connectivity index (χ1) is 16.8. The molecule has 0 unspecified atom stereocenters. The van der Waals surface area contributed by atoms with E-state index in [-0.39, 0.29) is 5.92 Å². The van der Waals surface area contributed by atoms with Crippen LogP contribution in [0, 0.1) is 32.1 Å². The maximum absolute atomic E-state index is 13.3. The van der Waals surface area contributed by atoms with Gasteiger partial charge in [-0.3, -0.25) is 9.78 Å². The van der Waals surface area contributed by atoms with Crippen LogP contribution >= 0.6 is 0 Å². The largest absolute Gasteiger partial charge is 0.368 e. The van der Waals surface area contributed by atoms with Crippen molar-refractivity contribution < 1.29 is 4.79 Å². The van der Waals surface area contributed by atoms with E-state index in [0.29, 0.717) is 11.3 Å². The molecule has 1 amide bonds. The van der Waals surface area contributed by atoms with Crippen LogP contribution in [0.3, 0.4) is 0 Å². The average molecular weight is 473 g/mol. The Morgan fingerprint density at radius 2 is 1.71 bits per heavy atom. The second-order valence-corrected chi connectivity index (χ2v) is 11.2. The van der Waals surface area contributed by atoms with E-state index >= 15 is 0 Å². The first kappa shape index (κ1) is 22.5. The molecule has 3 aliphatic rings. The number of carbonyl (C=O) groups excluding carboxylic acids is 1. The van der Waals surface area contributed by atoms with Crippen molar-refractivity contribution in [3.8, 4) is 5.69 Å². The third-order valence-electron chi connectivity index (χ3n) is 8.53. The van der Waals surface area contributed by atoms with Gasteiger partial charge in [0.1, 0.15) is 5.52 Å². The van der Waals surface area contributed by atoms with Gasteiger partial charge in [-0.05, 0) is 59.2 Å². The number of hydrogen-bond donors (Lipinski definition) is 0. The minimum atomic E-state index is 0.139. The molecule has 1 aromatic carbocycles. The molecular weight excluding hydrogens is 436 g/mol. The standard InChI is InChI=1S/C28H36N6O/c1-19-5-7-23(8-6-19)34-21(3)25-20(2)29-15-24(26(25)30-34)32-12-9-22(10-13-32)27(35)33-14-11-28(18-33)16-31(4)17-28/h5-8,15,22H,9-14,16-18H2,1-4H3. The summed E-state index contributed by atoms with van der Waals surface area (Å²) in [4.78, 5) is 25.0. The fourth-order valence-electron chi connectivity index (χ4n) is 6.67. The molecule has 2 aromatic heterocycles. The van der Waals surface area contributed by atoms with Gasteiger partial charge >= 0.3 is 0 Å². The molecule has 5 heterocycles. The maximum atomic E-state index is 13.3. The summed E-state index contributed by atoms with van der Waals surface area (Å²) in [5.41, 5.74) is 6.90. The van der Waals surface area contributed by atoms with E-state index < -0.39 is 0 Å². The number of fused-ring (bicyclic) bond motifs is 1. The fourth-order valence-corrected chi connectivity index (χ4v) is 6.67. The number of likely N-dealkylation sites (tertiary alicyclic amines) is 2. The van der Waals surface area contributed by atoms with Gasteiger partial charge in [0.15, 0.2) is 0 Å². The van der Waals surface area contributed by atoms with Crippen molar-refractivity contribution in [1.82, 2.24) is 24.6 Å². The lowest BCUT2D eigenvalue weighted by atomic mass is 9.79. The van der Waals surface area contributed by atoms with Gasteiger partial charge < -0.3 is 14.7 Å². The Hall–Kier alpha value is -2.93. The normalized spacial score (nSPS) is 20.7. The monoisotopic (exact) mass is 472 g/mol. The van der Waals surface area contributed by atoms with Crippen molar-refractivity contribution in [2.45, 2.75) is 40.0 Å². The molecule has 7 heteroatoms. The third kappa shape index (κ3) is 3.80. The molecule has 3 saturated heterocycles. The second-order valence-electron chi connectivity index (χ2n) is 11.2. The lowest BCUT2D eigenvalue weighted by Gasteiger charge is -2.46. The van der Waals surface area contributed by atoms with E-state index in [2.05, 4.69) is 66.8 Å². The van der Waals surface area contributed by atoms with Crippen molar-refractivity contribution in [3.63, 3.8) is 0 Å². The highest BCUT2D eigenvalue weighted by Gasteiger charge is 2.48. The molecule has 3 aliphatic heterocycles. The predicted molar refractivity (Wildman–Crippen MR) is 139 cm³/mol. The fraction of sp³-hybridized carbons (Fsp3) is 0.536. The molecule has 7 nitrogen and oxygen atoms in total. The zero-order chi connectivity index (χ0) is 24.3. The summed E-state index contributed by atoms with van der Waals surface area (Å²) >= 11 is 0. The van der Waals surface area contributed by atoms with Crippen LogP contribution in [-0.2, 0) is 4.79 Å². The number of carbonyl (C=O) groups is 1. The molecule has 1 spiro atoms. The van der Waals surface area contributed by atoms with E-state index in [1.807, 2.05) is 10.9 Å². The van der Waals surface area contributed by atoms with Crippen LogP contribution < -0.4 is 4.90 Å².